The van der Waals surface area contributed by atoms with Crippen LogP contribution >= 0.6 is 0 Å². The monoisotopic (exact) mass is 362 g/mol. The molecule has 0 spiro atoms. The zero-order valence-corrected chi connectivity index (χ0v) is 16.5. The Morgan fingerprint density at radius 2 is 0.926 bits per heavy atom. The van der Waals surface area contributed by atoms with E-state index in [1.54, 1.807) is 25.7 Å². The van der Waals surface area contributed by atoms with Crippen LogP contribution in [0.15, 0.2) is 0 Å². The maximum atomic E-state index is 14.0. The van der Waals surface area contributed by atoms with Crippen molar-refractivity contribution in [1.29, 1.82) is 0 Å². The molecule has 0 aromatic carbocycles. The highest BCUT2D eigenvalue weighted by molar-refractivity contribution is 5.88. The molecule has 16 atom stereocenters. The quantitative estimate of drug-likeness (QED) is 0.551. The third-order valence-electron chi connectivity index (χ3n) is 13.3. The molecule has 0 heterocycles. The van der Waals surface area contributed by atoms with Gasteiger partial charge < -0.3 is 0 Å². The van der Waals surface area contributed by atoms with Crippen molar-refractivity contribution >= 4 is 5.78 Å². The largest absolute Gasteiger partial charge is 0.299 e. The van der Waals surface area contributed by atoms with Crippen LogP contribution in [0, 0.1) is 94.7 Å². The highest BCUT2D eigenvalue weighted by Gasteiger charge is 2.76. The minimum Gasteiger partial charge on any atom is -0.299 e. The number of ketones is 1. The number of rotatable bonds is 0. The van der Waals surface area contributed by atoms with E-state index in [4.69, 9.17) is 0 Å². The summed E-state index contributed by atoms with van der Waals surface area (Å²) < 4.78 is 0. The van der Waals surface area contributed by atoms with Crippen molar-refractivity contribution in [3.63, 3.8) is 0 Å². The Morgan fingerprint density at radius 3 is 1.63 bits per heavy atom. The summed E-state index contributed by atoms with van der Waals surface area (Å²) in [5.41, 5.74) is 0. The lowest BCUT2D eigenvalue weighted by molar-refractivity contribution is -0.140. The van der Waals surface area contributed by atoms with Crippen molar-refractivity contribution in [2.75, 3.05) is 0 Å². The summed E-state index contributed by atoms with van der Waals surface area (Å²) in [6.45, 7) is 0. The molecule has 1 heteroatoms. The van der Waals surface area contributed by atoms with Gasteiger partial charge in [-0.2, -0.15) is 0 Å². The smallest absolute Gasteiger partial charge is 0.140 e. The van der Waals surface area contributed by atoms with Crippen LogP contribution in [0.3, 0.4) is 0 Å². The molecule has 0 radical (unpaired) electrons. The van der Waals surface area contributed by atoms with Crippen LogP contribution in [0.5, 0.6) is 0 Å². The summed E-state index contributed by atoms with van der Waals surface area (Å²) in [7, 11) is 0. The lowest BCUT2D eigenvalue weighted by Crippen LogP contribution is -2.54. The summed E-state index contributed by atoms with van der Waals surface area (Å²) in [4.78, 5) is 14.0. The van der Waals surface area contributed by atoms with Crippen LogP contribution in [-0.4, -0.2) is 5.78 Å². The van der Waals surface area contributed by atoms with Crippen LogP contribution < -0.4 is 0 Å². The highest BCUT2D eigenvalue weighted by atomic mass is 16.1. The molecule has 0 aromatic rings. The minimum absolute atomic E-state index is 0.557. The Bertz CT molecular complexity index is 755. The summed E-state index contributed by atoms with van der Waals surface area (Å²) in [6.07, 6.45) is 13.7. The van der Waals surface area contributed by atoms with Crippen LogP contribution in [0.25, 0.3) is 0 Å². The van der Waals surface area contributed by atoms with Gasteiger partial charge in [0, 0.05) is 11.8 Å². The predicted molar refractivity (Wildman–Crippen MR) is 102 cm³/mol. The first-order chi connectivity index (χ1) is 13.3. The maximum Gasteiger partial charge on any atom is 0.140 e. The Hall–Kier alpha value is -0.330. The second kappa shape index (κ2) is 4.39. The molecule has 10 aliphatic rings. The van der Waals surface area contributed by atoms with Gasteiger partial charge in [-0.05, 0) is 141 Å². The molecule has 10 saturated carbocycles. The maximum absolute atomic E-state index is 14.0. The average Bonchev–Trinajstić information content (AvgIpc) is 3.51. The average molecular weight is 363 g/mol. The fourth-order valence-corrected chi connectivity index (χ4v) is 13.5. The topological polar surface area (TPSA) is 17.1 Å². The van der Waals surface area contributed by atoms with E-state index < -0.39 is 0 Å². The van der Waals surface area contributed by atoms with Crippen LogP contribution in [-0.2, 0) is 4.79 Å². The lowest BCUT2D eigenvalue weighted by atomic mass is 9.46. The van der Waals surface area contributed by atoms with Gasteiger partial charge in [-0.25, -0.2) is 0 Å². The van der Waals surface area contributed by atoms with Crippen LogP contribution in [0.1, 0.15) is 57.8 Å². The lowest BCUT2D eigenvalue weighted by Gasteiger charge is -2.58. The van der Waals surface area contributed by atoms with E-state index in [0.717, 1.165) is 88.6 Å². The molecule has 0 unspecified atom stereocenters. The number of hydrogen-bond acceptors (Lipinski definition) is 1. The van der Waals surface area contributed by atoms with Gasteiger partial charge in [-0.1, -0.05) is 0 Å². The molecule has 0 amide bonds. The number of fused-ring (bicyclic) bond motifs is 15. The number of carbonyl (C=O) groups is 1. The second-order valence-corrected chi connectivity index (χ2v) is 13.1. The summed E-state index contributed by atoms with van der Waals surface area (Å²) in [5, 5.41) is 0. The normalized spacial score (nSPS) is 73.4. The standard InChI is InChI=1S/C26H34O/c27-26-24-15-6-5-14(18-10-1-2-11(7-10)19(15)18)22(24)23-16-9-17(25(23)26)21-13-4-3-12(8-13)20(16)21/h10-25H,1-9H2/t10-,11-,12-,13-,14-,15-,16-,17-,18-,19-,20-,21-,22-,23+,24+,25-/m1/s1. The van der Waals surface area contributed by atoms with Crippen LogP contribution in [0.4, 0.5) is 0 Å². The molecule has 27 heavy (non-hydrogen) atoms. The third-order valence-corrected chi connectivity index (χ3v) is 13.3. The fourth-order valence-electron chi connectivity index (χ4n) is 13.5. The van der Waals surface area contributed by atoms with Gasteiger partial charge in [-0.15, -0.1) is 0 Å². The SMILES string of the molecule is O=C1[C@@H]2[C@@H]3C[C@H]([C@H]4[C@@H]5CC[C@H](C5)[C@H]34)[C@H]2[C@H]2[C@@H]3CC[C@@H]([C@H]12)[C@H]1[C@@H]2CC[C@H](C2)[C@H]31. The molecule has 0 N–H and O–H groups in total. The van der Waals surface area contributed by atoms with Gasteiger partial charge >= 0.3 is 0 Å². The van der Waals surface area contributed by atoms with Gasteiger partial charge in [-0.3, -0.25) is 4.79 Å². The molecule has 0 saturated heterocycles. The Balaban J connectivity index is 1.17. The molecular formula is C26H34O. The van der Waals surface area contributed by atoms with Gasteiger partial charge in [0.2, 0.25) is 0 Å². The van der Waals surface area contributed by atoms with E-state index >= 15 is 0 Å². The Morgan fingerprint density at radius 1 is 0.444 bits per heavy atom. The zero-order chi connectivity index (χ0) is 17.2. The minimum atomic E-state index is 0.557. The number of carbonyl (C=O) groups excluding carboxylic acids is 1. The van der Waals surface area contributed by atoms with Crippen LogP contribution in [0.2, 0.25) is 0 Å². The first-order valence-corrected chi connectivity index (χ1v) is 12.8. The summed E-state index contributed by atoms with van der Waals surface area (Å²) in [6, 6.07) is 0. The number of Topliss-reactive ketones (excluding diaryl/α,β-unsaturated/α-hetero) is 1. The van der Waals surface area contributed by atoms with E-state index in [0.29, 0.717) is 11.8 Å². The summed E-state index contributed by atoms with van der Waals surface area (Å²) in [5.74, 6) is 15.8. The van der Waals surface area contributed by atoms with E-state index in [1.165, 1.54) is 32.1 Å². The third kappa shape index (κ3) is 1.36. The van der Waals surface area contributed by atoms with E-state index in [9.17, 15) is 4.79 Å². The number of hydrogen-bond donors (Lipinski definition) is 0. The van der Waals surface area contributed by atoms with Crippen molar-refractivity contribution in [3.05, 3.63) is 0 Å². The molecule has 10 aliphatic carbocycles. The molecule has 0 aliphatic heterocycles. The van der Waals surface area contributed by atoms with Gasteiger partial charge in [0.05, 0.1) is 0 Å². The van der Waals surface area contributed by atoms with Crippen molar-refractivity contribution < 1.29 is 4.79 Å². The van der Waals surface area contributed by atoms with Gasteiger partial charge in [0.15, 0.2) is 0 Å². The molecule has 144 valence electrons. The van der Waals surface area contributed by atoms with E-state index in [1.807, 2.05) is 0 Å². The van der Waals surface area contributed by atoms with Crippen molar-refractivity contribution in [2.24, 2.45) is 94.7 Å². The van der Waals surface area contributed by atoms with E-state index in [-0.39, 0.29) is 0 Å². The van der Waals surface area contributed by atoms with Gasteiger partial charge in [0.25, 0.3) is 0 Å². The predicted octanol–water partition coefficient (Wildman–Crippen LogP) is 5.05. The fraction of sp³-hybridized carbons (Fsp3) is 0.962. The molecule has 0 aromatic heterocycles. The Kier molecular flexibility index (Phi) is 2.38. The van der Waals surface area contributed by atoms with E-state index in [2.05, 4.69) is 0 Å². The molecule has 1 nitrogen and oxygen atoms in total. The molecule has 10 rings (SSSR count). The van der Waals surface area contributed by atoms with Crippen molar-refractivity contribution in [1.82, 2.24) is 0 Å². The second-order valence-electron chi connectivity index (χ2n) is 13.1. The first-order valence-electron chi connectivity index (χ1n) is 12.8. The molecule has 8 bridgehead atoms. The first kappa shape index (κ1) is 14.6. The summed E-state index contributed by atoms with van der Waals surface area (Å²) >= 11 is 0. The van der Waals surface area contributed by atoms with Crippen molar-refractivity contribution in [3.8, 4) is 0 Å². The molecular weight excluding hydrogens is 328 g/mol. The highest BCUT2D eigenvalue weighted by Crippen LogP contribution is 2.78. The molecule has 10 fully saturated rings. The Labute approximate surface area is 163 Å². The zero-order valence-electron chi connectivity index (χ0n) is 16.5. The van der Waals surface area contributed by atoms with Gasteiger partial charge in [0.1, 0.15) is 5.78 Å². The van der Waals surface area contributed by atoms with Crippen molar-refractivity contribution in [2.45, 2.75) is 57.8 Å².